The highest BCUT2D eigenvalue weighted by molar-refractivity contribution is 7.86. The van der Waals surface area contributed by atoms with E-state index in [4.69, 9.17) is 14.0 Å². The van der Waals surface area contributed by atoms with E-state index in [1.807, 2.05) is 0 Å². The highest BCUT2D eigenvalue weighted by Crippen LogP contribution is 2.35. The van der Waals surface area contributed by atoms with Crippen molar-refractivity contribution in [3.8, 4) is 11.5 Å². The summed E-state index contributed by atoms with van der Waals surface area (Å²) >= 11 is 0. The van der Waals surface area contributed by atoms with E-state index < -0.39 is 35.8 Å². The van der Waals surface area contributed by atoms with Gasteiger partial charge >= 0.3 is 0 Å². The molecule has 2 rings (SSSR count). The normalized spacial score (nSPS) is 11.8. The van der Waals surface area contributed by atoms with E-state index in [1.54, 1.807) is 0 Å². The molecular formula is C15H14O9S2. The van der Waals surface area contributed by atoms with Gasteiger partial charge < -0.3 is 9.47 Å². The number of hydrogen-bond donors (Lipinski definition) is 2. The van der Waals surface area contributed by atoms with Crippen LogP contribution in [0.3, 0.4) is 0 Å². The minimum absolute atomic E-state index is 0.109. The Hall–Kier alpha value is -2.47. The summed E-state index contributed by atoms with van der Waals surface area (Å²) in [6, 6.07) is 6.34. The van der Waals surface area contributed by atoms with E-state index in [0.717, 1.165) is 24.3 Å². The van der Waals surface area contributed by atoms with Gasteiger partial charge in [0, 0.05) is 11.6 Å². The number of carbonyl (C=O) groups excluding carboxylic acids is 1. The first-order valence-electron chi connectivity index (χ1n) is 6.85. The second kappa shape index (κ2) is 7.03. The summed E-state index contributed by atoms with van der Waals surface area (Å²) in [4.78, 5) is 11.6. The third kappa shape index (κ3) is 4.02. The van der Waals surface area contributed by atoms with Crippen molar-refractivity contribution < 1.29 is 40.2 Å². The second-order valence-corrected chi connectivity index (χ2v) is 7.86. The average Bonchev–Trinajstić information content (AvgIpc) is 2.58. The molecule has 0 bridgehead atoms. The van der Waals surface area contributed by atoms with Gasteiger partial charge in [0.2, 0.25) is 0 Å². The van der Waals surface area contributed by atoms with Crippen LogP contribution >= 0.6 is 0 Å². The van der Waals surface area contributed by atoms with Crippen molar-refractivity contribution in [1.82, 2.24) is 0 Å². The van der Waals surface area contributed by atoms with Gasteiger partial charge in [0.1, 0.15) is 0 Å². The SMILES string of the molecule is COc1cc(S(=O)(=O)O)cc(C(=O)c2cccc(S(=O)(=O)O)c2)c1OC. The van der Waals surface area contributed by atoms with Crippen LogP contribution < -0.4 is 9.47 Å². The fourth-order valence-electron chi connectivity index (χ4n) is 2.21. The van der Waals surface area contributed by atoms with Crippen molar-refractivity contribution in [2.75, 3.05) is 14.2 Å². The molecule has 0 aliphatic rings. The predicted molar refractivity (Wildman–Crippen MR) is 89.0 cm³/mol. The van der Waals surface area contributed by atoms with Crippen molar-refractivity contribution in [2.24, 2.45) is 0 Å². The van der Waals surface area contributed by atoms with Gasteiger partial charge in [-0.15, -0.1) is 0 Å². The zero-order valence-electron chi connectivity index (χ0n) is 13.5. The van der Waals surface area contributed by atoms with Crippen molar-refractivity contribution in [1.29, 1.82) is 0 Å². The molecule has 2 aromatic rings. The highest BCUT2D eigenvalue weighted by atomic mass is 32.2. The van der Waals surface area contributed by atoms with E-state index >= 15 is 0 Å². The first-order valence-corrected chi connectivity index (χ1v) is 9.73. The van der Waals surface area contributed by atoms with E-state index in [1.165, 1.54) is 26.4 Å². The minimum Gasteiger partial charge on any atom is -0.493 e. The number of carbonyl (C=O) groups is 1. The fourth-order valence-corrected chi connectivity index (χ4v) is 3.26. The molecule has 0 heterocycles. The van der Waals surface area contributed by atoms with Gasteiger partial charge in [0.25, 0.3) is 20.2 Å². The molecule has 0 atom stereocenters. The van der Waals surface area contributed by atoms with Gasteiger partial charge in [-0.1, -0.05) is 12.1 Å². The Bertz CT molecular complexity index is 1070. The zero-order chi connectivity index (χ0) is 19.7. The van der Waals surface area contributed by atoms with Crippen molar-refractivity contribution in [3.63, 3.8) is 0 Å². The largest absolute Gasteiger partial charge is 0.493 e. The van der Waals surface area contributed by atoms with Crippen LogP contribution in [0.5, 0.6) is 11.5 Å². The molecule has 0 saturated carbocycles. The topological polar surface area (TPSA) is 144 Å². The number of benzene rings is 2. The second-order valence-electron chi connectivity index (χ2n) is 5.01. The van der Waals surface area contributed by atoms with Crippen LogP contribution in [-0.2, 0) is 20.2 Å². The van der Waals surface area contributed by atoms with Gasteiger partial charge in [-0.05, 0) is 18.2 Å². The van der Waals surface area contributed by atoms with Crippen LogP contribution in [-0.4, -0.2) is 45.9 Å². The zero-order valence-corrected chi connectivity index (χ0v) is 15.2. The molecule has 140 valence electrons. The molecule has 0 aromatic heterocycles. The van der Waals surface area contributed by atoms with E-state index in [0.29, 0.717) is 0 Å². The van der Waals surface area contributed by atoms with Crippen LogP contribution in [0.4, 0.5) is 0 Å². The lowest BCUT2D eigenvalue weighted by Gasteiger charge is -2.14. The minimum atomic E-state index is -4.65. The number of ether oxygens (including phenoxy) is 2. The molecule has 9 nitrogen and oxygen atoms in total. The molecule has 2 aromatic carbocycles. The summed E-state index contributed by atoms with van der Waals surface area (Å²) in [5, 5.41) is 0. The number of ketones is 1. The number of methoxy groups -OCH3 is 2. The molecule has 0 aliphatic carbocycles. The summed E-state index contributed by atoms with van der Waals surface area (Å²) < 4.78 is 73.8. The molecule has 0 radical (unpaired) electrons. The van der Waals surface area contributed by atoms with Gasteiger partial charge in [-0.2, -0.15) is 16.8 Å². The van der Waals surface area contributed by atoms with Crippen LogP contribution in [0, 0.1) is 0 Å². The molecule has 0 amide bonds. The first-order chi connectivity index (χ1) is 12.0. The summed E-state index contributed by atoms with van der Waals surface area (Å²) in [5.41, 5.74) is -0.445. The number of rotatable bonds is 6. The average molecular weight is 402 g/mol. The Kier molecular flexibility index (Phi) is 5.37. The van der Waals surface area contributed by atoms with Crippen molar-refractivity contribution in [3.05, 3.63) is 47.5 Å². The maximum absolute atomic E-state index is 12.8. The molecule has 0 unspecified atom stereocenters. The van der Waals surface area contributed by atoms with Crippen LogP contribution in [0.25, 0.3) is 0 Å². The lowest BCUT2D eigenvalue weighted by molar-refractivity contribution is 0.103. The summed E-state index contributed by atoms with van der Waals surface area (Å²) in [6.45, 7) is 0. The third-order valence-corrected chi connectivity index (χ3v) is 5.07. The summed E-state index contributed by atoms with van der Waals surface area (Å²) in [5.74, 6) is -1.05. The molecule has 0 aliphatic heterocycles. The lowest BCUT2D eigenvalue weighted by atomic mass is 10.0. The molecule has 2 N–H and O–H groups in total. The van der Waals surface area contributed by atoms with Crippen LogP contribution in [0.1, 0.15) is 15.9 Å². The summed E-state index contributed by atoms with van der Waals surface area (Å²) in [7, 11) is -6.77. The maximum Gasteiger partial charge on any atom is 0.294 e. The molecule has 0 saturated heterocycles. The Labute approximate surface area is 149 Å². The quantitative estimate of drug-likeness (QED) is 0.541. The van der Waals surface area contributed by atoms with E-state index in [2.05, 4.69) is 0 Å². The highest BCUT2D eigenvalue weighted by Gasteiger charge is 2.24. The molecule has 0 fully saturated rings. The first kappa shape index (κ1) is 19.8. The molecule has 0 spiro atoms. The van der Waals surface area contributed by atoms with Crippen molar-refractivity contribution in [2.45, 2.75) is 9.79 Å². The monoisotopic (exact) mass is 402 g/mol. The van der Waals surface area contributed by atoms with Gasteiger partial charge in [-0.3, -0.25) is 13.9 Å². The smallest absolute Gasteiger partial charge is 0.294 e. The predicted octanol–water partition coefficient (Wildman–Crippen LogP) is 1.43. The number of hydrogen-bond acceptors (Lipinski definition) is 7. The van der Waals surface area contributed by atoms with Crippen LogP contribution in [0.2, 0.25) is 0 Å². The fraction of sp³-hybridized carbons (Fsp3) is 0.133. The van der Waals surface area contributed by atoms with Crippen molar-refractivity contribution >= 4 is 26.0 Å². The lowest BCUT2D eigenvalue weighted by Crippen LogP contribution is -2.09. The molecular weight excluding hydrogens is 388 g/mol. The van der Waals surface area contributed by atoms with E-state index in [9.17, 15) is 26.2 Å². The van der Waals surface area contributed by atoms with Gasteiger partial charge in [-0.25, -0.2) is 0 Å². The Morgan fingerprint density at radius 1 is 0.885 bits per heavy atom. The molecule has 26 heavy (non-hydrogen) atoms. The molecule has 11 heteroatoms. The van der Waals surface area contributed by atoms with Crippen LogP contribution in [0.15, 0.2) is 46.2 Å². The standard InChI is InChI=1S/C15H14O9S2/c1-23-13-8-11(26(20,21)22)7-12(15(13)24-2)14(16)9-4-3-5-10(6-9)25(17,18)19/h3-8H,1-2H3,(H,17,18,19)(H,20,21,22). The maximum atomic E-state index is 12.8. The van der Waals surface area contributed by atoms with Gasteiger partial charge in [0.15, 0.2) is 17.3 Å². The Balaban J connectivity index is 2.72. The summed E-state index contributed by atoms with van der Waals surface area (Å²) in [6.07, 6.45) is 0. The third-order valence-electron chi connectivity index (χ3n) is 3.39. The van der Waals surface area contributed by atoms with Gasteiger partial charge in [0.05, 0.1) is 29.6 Å². The Morgan fingerprint density at radius 3 is 2.00 bits per heavy atom. The Morgan fingerprint density at radius 2 is 1.50 bits per heavy atom. The van der Waals surface area contributed by atoms with E-state index in [-0.39, 0.29) is 22.6 Å².